The second-order valence-corrected chi connectivity index (χ2v) is 8.55. The fourth-order valence-corrected chi connectivity index (χ4v) is 4.32. The minimum Gasteiger partial charge on any atom is -0.355 e. The Hall–Kier alpha value is -0.520. The van der Waals surface area contributed by atoms with Gasteiger partial charge >= 0.3 is 0 Å². The van der Waals surface area contributed by atoms with Crippen LogP contribution in [0.4, 0.5) is 0 Å². The number of hydrogen-bond acceptors (Lipinski definition) is 4. The fraction of sp³-hybridized carbons (Fsp3) is 0.588. The highest BCUT2D eigenvalue weighted by molar-refractivity contribution is 14.0. The predicted octanol–water partition coefficient (Wildman–Crippen LogP) is 2.71. The molecule has 0 aromatic heterocycles. The summed E-state index contributed by atoms with van der Waals surface area (Å²) in [7, 11) is 0.420. The molecule has 6 nitrogen and oxygen atoms in total. The predicted molar refractivity (Wildman–Crippen MR) is 123 cm³/mol. The van der Waals surface area contributed by atoms with Crippen molar-refractivity contribution in [3.63, 3.8) is 0 Å². The number of guanidine groups is 1. The molecule has 0 fully saturated rings. The second kappa shape index (κ2) is 12.8. The molecule has 26 heavy (non-hydrogen) atoms. The number of nitrogens with zero attached hydrogens (tertiary/aromatic N) is 3. The summed E-state index contributed by atoms with van der Waals surface area (Å²) in [5.41, 5.74) is 1.18. The molecule has 0 bridgehead atoms. The average molecular weight is 514 g/mol. The fourth-order valence-electron chi connectivity index (χ4n) is 2.50. The lowest BCUT2D eigenvalue weighted by Crippen LogP contribution is -2.42. The average Bonchev–Trinajstić information content (AvgIpc) is 2.60. The van der Waals surface area contributed by atoms with Crippen LogP contribution < -0.4 is 5.32 Å². The van der Waals surface area contributed by atoms with Crippen LogP contribution >= 0.6 is 35.7 Å². The Morgan fingerprint density at radius 3 is 2.23 bits per heavy atom. The Bertz CT molecular complexity index is 647. The summed E-state index contributed by atoms with van der Waals surface area (Å²) in [6.45, 7) is 5.74. The van der Waals surface area contributed by atoms with Crippen molar-refractivity contribution in [3.8, 4) is 0 Å². The van der Waals surface area contributed by atoms with E-state index in [-0.39, 0.29) is 29.7 Å². The Morgan fingerprint density at radius 1 is 1.19 bits per heavy atom. The van der Waals surface area contributed by atoms with Gasteiger partial charge in [0, 0.05) is 45.2 Å². The number of hydrogen-bond donors (Lipinski definition) is 1. The first kappa shape index (κ1) is 25.5. The summed E-state index contributed by atoms with van der Waals surface area (Å²) in [4.78, 5) is 7.46. The van der Waals surface area contributed by atoms with Crippen LogP contribution in [0.3, 0.4) is 0 Å². The van der Waals surface area contributed by atoms with E-state index in [1.807, 2.05) is 25.8 Å². The minimum absolute atomic E-state index is 0. The van der Waals surface area contributed by atoms with Gasteiger partial charge in [-0.25, -0.2) is 12.7 Å². The number of sulfonamides is 1. The lowest BCUT2D eigenvalue weighted by molar-refractivity contribution is 0.443. The van der Waals surface area contributed by atoms with Crippen LogP contribution in [-0.2, 0) is 16.6 Å². The molecular weight excluding hydrogens is 483 g/mol. The quantitative estimate of drug-likeness (QED) is 0.238. The van der Waals surface area contributed by atoms with Crippen molar-refractivity contribution in [1.82, 2.24) is 14.5 Å². The van der Waals surface area contributed by atoms with Gasteiger partial charge in [0.05, 0.1) is 5.75 Å². The highest BCUT2D eigenvalue weighted by Gasteiger charge is 2.18. The molecule has 0 radical (unpaired) electrons. The van der Waals surface area contributed by atoms with Crippen molar-refractivity contribution < 1.29 is 8.42 Å². The van der Waals surface area contributed by atoms with Gasteiger partial charge in [-0.05, 0) is 24.0 Å². The van der Waals surface area contributed by atoms with Crippen LogP contribution in [0.2, 0.25) is 0 Å². The molecule has 1 aromatic carbocycles. The molecule has 0 saturated heterocycles. The van der Waals surface area contributed by atoms with E-state index in [1.54, 1.807) is 18.8 Å². The zero-order valence-electron chi connectivity index (χ0n) is 16.2. The normalized spacial score (nSPS) is 12.0. The molecule has 0 amide bonds. The van der Waals surface area contributed by atoms with E-state index < -0.39 is 10.0 Å². The van der Waals surface area contributed by atoms with Crippen molar-refractivity contribution in [2.24, 2.45) is 4.99 Å². The highest BCUT2D eigenvalue weighted by atomic mass is 127. The van der Waals surface area contributed by atoms with E-state index in [9.17, 15) is 8.42 Å². The number of nitrogens with one attached hydrogen (secondary N) is 1. The number of rotatable bonds is 9. The van der Waals surface area contributed by atoms with Gasteiger partial charge in [0.1, 0.15) is 0 Å². The summed E-state index contributed by atoms with van der Waals surface area (Å²) in [5, 5.41) is 3.14. The van der Waals surface area contributed by atoms with Crippen LogP contribution in [0.1, 0.15) is 19.4 Å². The van der Waals surface area contributed by atoms with Crippen LogP contribution in [0.15, 0.2) is 34.2 Å². The van der Waals surface area contributed by atoms with Crippen molar-refractivity contribution in [3.05, 3.63) is 29.8 Å². The van der Waals surface area contributed by atoms with Gasteiger partial charge in [-0.2, -0.15) is 0 Å². The largest absolute Gasteiger partial charge is 0.355 e. The monoisotopic (exact) mass is 514 g/mol. The molecule has 1 rings (SSSR count). The third-order valence-corrected chi connectivity index (χ3v) is 6.66. The van der Waals surface area contributed by atoms with Crippen LogP contribution in [0.25, 0.3) is 0 Å². The molecule has 0 heterocycles. The summed E-state index contributed by atoms with van der Waals surface area (Å²) in [5.74, 6) is 0.743. The van der Waals surface area contributed by atoms with Gasteiger partial charge in [0.25, 0.3) is 0 Å². The molecule has 9 heteroatoms. The van der Waals surface area contributed by atoms with Crippen LogP contribution in [0, 0.1) is 0 Å². The van der Waals surface area contributed by atoms with Crippen LogP contribution in [-0.4, -0.2) is 69.3 Å². The summed E-state index contributed by atoms with van der Waals surface area (Å²) in [6.07, 6.45) is 2.05. The number of aliphatic imine (C=N–C) groups is 1. The van der Waals surface area contributed by atoms with Crippen LogP contribution in [0.5, 0.6) is 0 Å². The van der Waals surface area contributed by atoms with Gasteiger partial charge in [-0.3, -0.25) is 4.99 Å². The second-order valence-electron chi connectivity index (χ2n) is 5.58. The lowest BCUT2D eigenvalue weighted by atomic mass is 10.2. The van der Waals surface area contributed by atoms with Crippen molar-refractivity contribution >= 4 is 51.7 Å². The van der Waals surface area contributed by atoms with E-state index in [1.165, 1.54) is 14.8 Å². The lowest BCUT2D eigenvalue weighted by Gasteiger charge is -2.23. The van der Waals surface area contributed by atoms with Crippen molar-refractivity contribution in [1.29, 1.82) is 0 Å². The molecule has 1 aromatic rings. The molecule has 0 atom stereocenters. The van der Waals surface area contributed by atoms with Gasteiger partial charge < -0.3 is 10.2 Å². The summed E-state index contributed by atoms with van der Waals surface area (Å²) < 4.78 is 25.9. The standard InChI is InChI=1S/C17H30N4O2S2.HI/c1-6-21(7-2)25(22,23)13-12-19-17(18-3)20(4)14-15-8-10-16(24-5)11-9-15;/h8-11H,6-7,12-14H2,1-5H3,(H,18,19);1H. The molecule has 0 spiro atoms. The van der Waals surface area contributed by atoms with E-state index in [0.29, 0.717) is 32.1 Å². The highest BCUT2D eigenvalue weighted by Crippen LogP contribution is 2.15. The van der Waals surface area contributed by atoms with Crippen molar-refractivity contribution in [2.45, 2.75) is 25.3 Å². The SMILES string of the molecule is CCN(CC)S(=O)(=O)CCNC(=NC)N(C)Cc1ccc(SC)cc1.I. The van der Waals surface area contributed by atoms with E-state index in [4.69, 9.17) is 0 Å². The van der Waals surface area contributed by atoms with Gasteiger partial charge in [0.2, 0.25) is 10.0 Å². The zero-order chi connectivity index (χ0) is 18.9. The maximum Gasteiger partial charge on any atom is 0.215 e. The first-order chi connectivity index (χ1) is 11.9. The Balaban J connectivity index is 0.00000625. The molecule has 0 aliphatic heterocycles. The molecule has 1 N–H and O–H groups in total. The van der Waals surface area contributed by atoms with Gasteiger partial charge in [0.15, 0.2) is 5.96 Å². The number of benzene rings is 1. The van der Waals surface area contributed by atoms with Gasteiger partial charge in [-0.15, -0.1) is 35.7 Å². The van der Waals surface area contributed by atoms with E-state index in [2.05, 4.69) is 40.8 Å². The van der Waals surface area contributed by atoms with E-state index in [0.717, 1.165) is 0 Å². The first-order valence-electron chi connectivity index (χ1n) is 8.40. The minimum atomic E-state index is -3.22. The Morgan fingerprint density at radius 2 is 1.77 bits per heavy atom. The zero-order valence-corrected chi connectivity index (χ0v) is 20.2. The third-order valence-electron chi connectivity index (χ3n) is 3.89. The van der Waals surface area contributed by atoms with Crippen molar-refractivity contribution in [2.75, 3.05) is 45.7 Å². The molecule has 0 aliphatic rings. The third kappa shape index (κ3) is 8.01. The summed E-state index contributed by atoms with van der Waals surface area (Å²) in [6, 6.07) is 8.39. The molecular formula is C17H31IN4O2S2. The maximum atomic E-state index is 12.2. The first-order valence-corrected chi connectivity index (χ1v) is 11.2. The van der Waals surface area contributed by atoms with E-state index >= 15 is 0 Å². The molecule has 0 saturated carbocycles. The molecule has 0 unspecified atom stereocenters. The number of thioether (sulfide) groups is 1. The maximum absolute atomic E-state index is 12.2. The number of halogens is 1. The smallest absolute Gasteiger partial charge is 0.215 e. The van der Waals surface area contributed by atoms with Gasteiger partial charge in [-0.1, -0.05) is 26.0 Å². The summed E-state index contributed by atoms with van der Waals surface area (Å²) >= 11 is 1.72. The topological polar surface area (TPSA) is 65.0 Å². The molecule has 150 valence electrons. The Labute approximate surface area is 179 Å². The Kier molecular flexibility index (Phi) is 12.5. The molecule has 0 aliphatic carbocycles.